The van der Waals surface area contributed by atoms with Crippen molar-refractivity contribution in [3.63, 3.8) is 0 Å². The van der Waals surface area contributed by atoms with E-state index in [9.17, 15) is 0 Å². The van der Waals surface area contributed by atoms with Gasteiger partial charge in [0.25, 0.3) is 0 Å². The topological polar surface area (TPSA) is 3.24 Å². The summed E-state index contributed by atoms with van der Waals surface area (Å²) in [5, 5.41) is 12.6. The lowest BCUT2D eigenvalue weighted by molar-refractivity contribution is 1.30. The molecule has 51 heavy (non-hydrogen) atoms. The zero-order chi connectivity index (χ0) is 33.7. The van der Waals surface area contributed by atoms with Crippen molar-refractivity contribution < 1.29 is 0 Å². The van der Waals surface area contributed by atoms with E-state index in [1.165, 1.54) is 76.1 Å². The van der Waals surface area contributed by atoms with Crippen LogP contribution < -0.4 is 4.90 Å². The summed E-state index contributed by atoms with van der Waals surface area (Å²) in [6.07, 6.45) is 0. The van der Waals surface area contributed by atoms with Gasteiger partial charge in [-0.3, -0.25) is 0 Å². The summed E-state index contributed by atoms with van der Waals surface area (Å²) in [5.41, 5.74) is 8.22. The summed E-state index contributed by atoms with van der Waals surface area (Å²) in [7, 11) is 0. The fraction of sp³-hybridized carbons (Fsp3) is 0. The molecule has 10 aromatic carbocycles. The second-order valence-corrected chi connectivity index (χ2v) is 13.3. The first kappa shape index (κ1) is 29.2. The molecule has 0 radical (unpaired) electrons. The lowest BCUT2D eigenvalue weighted by atomic mass is 9.91. The molecule has 238 valence electrons. The van der Waals surface area contributed by atoms with Crippen LogP contribution >= 0.6 is 0 Å². The summed E-state index contributed by atoms with van der Waals surface area (Å²) in [6, 6.07) is 73.1. The van der Waals surface area contributed by atoms with Crippen LogP contribution in [0.1, 0.15) is 0 Å². The van der Waals surface area contributed by atoms with E-state index in [4.69, 9.17) is 0 Å². The molecule has 0 bridgehead atoms. The monoisotopic (exact) mass is 647 g/mol. The number of benzene rings is 10. The summed E-state index contributed by atoms with van der Waals surface area (Å²) >= 11 is 0. The first-order valence-corrected chi connectivity index (χ1v) is 17.6. The van der Waals surface area contributed by atoms with Crippen LogP contribution in [0.15, 0.2) is 200 Å². The lowest BCUT2D eigenvalue weighted by Crippen LogP contribution is -2.10. The minimum Gasteiger partial charge on any atom is -0.310 e. The molecule has 0 N–H and O–H groups in total. The van der Waals surface area contributed by atoms with Crippen LogP contribution in [-0.4, -0.2) is 0 Å². The molecule has 0 saturated carbocycles. The van der Waals surface area contributed by atoms with E-state index in [0.29, 0.717) is 0 Å². The van der Waals surface area contributed by atoms with E-state index in [1.54, 1.807) is 0 Å². The van der Waals surface area contributed by atoms with E-state index in [-0.39, 0.29) is 0 Å². The number of rotatable bonds is 5. The van der Waals surface area contributed by atoms with Gasteiger partial charge >= 0.3 is 0 Å². The third-order valence-electron chi connectivity index (χ3n) is 10.4. The Labute approximate surface area is 297 Å². The molecule has 0 fully saturated rings. The Hall–Kier alpha value is -6.70. The van der Waals surface area contributed by atoms with Crippen LogP contribution in [0.5, 0.6) is 0 Å². The Bertz CT molecular complexity index is 2900. The zero-order valence-electron chi connectivity index (χ0n) is 28.0. The van der Waals surface area contributed by atoms with E-state index in [0.717, 1.165) is 17.1 Å². The van der Waals surface area contributed by atoms with Crippen molar-refractivity contribution in [3.05, 3.63) is 200 Å². The largest absolute Gasteiger partial charge is 0.310 e. The van der Waals surface area contributed by atoms with Crippen LogP contribution in [0.4, 0.5) is 17.1 Å². The van der Waals surface area contributed by atoms with Crippen molar-refractivity contribution in [2.24, 2.45) is 0 Å². The van der Waals surface area contributed by atoms with Crippen molar-refractivity contribution in [1.29, 1.82) is 0 Å². The van der Waals surface area contributed by atoms with Crippen molar-refractivity contribution >= 4 is 70.9 Å². The van der Waals surface area contributed by atoms with Gasteiger partial charge in [-0.25, -0.2) is 0 Å². The third kappa shape index (κ3) is 4.94. The highest BCUT2D eigenvalue weighted by atomic mass is 15.1. The minimum atomic E-state index is 1.11. The average Bonchev–Trinajstić information content (AvgIpc) is 3.21. The van der Waals surface area contributed by atoms with Gasteiger partial charge in [-0.2, -0.15) is 0 Å². The normalized spacial score (nSPS) is 11.5. The standard InChI is InChI=1S/C50H33N/c1-2-13-34(14-3-1)37-17-12-18-40(31-37)51(50-32-38-16-5-7-20-42(38)43-21-10-11-24-47(43)50)39-28-25-36(26-29-39)48-33-49-41-19-6-4-15-35(41)27-30-46(49)44-22-8-9-23-45(44)48/h1-33H. The summed E-state index contributed by atoms with van der Waals surface area (Å²) in [5.74, 6) is 0. The molecule has 10 rings (SSSR count). The fourth-order valence-corrected chi connectivity index (χ4v) is 7.99. The van der Waals surface area contributed by atoms with Gasteiger partial charge in [-0.05, 0) is 107 Å². The third-order valence-corrected chi connectivity index (χ3v) is 10.4. The first-order valence-electron chi connectivity index (χ1n) is 17.6. The quantitative estimate of drug-likeness (QED) is 0.168. The minimum absolute atomic E-state index is 1.11. The molecule has 0 aliphatic heterocycles. The molecule has 0 saturated heterocycles. The average molecular weight is 648 g/mol. The van der Waals surface area contributed by atoms with Gasteiger partial charge in [0, 0.05) is 16.8 Å². The molecule has 0 amide bonds. The fourth-order valence-electron chi connectivity index (χ4n) is 7.99. The predicted molar refractivity (Wildman–Crippen MR) is 220 cm³/mol. The highest BCUT2D eigenvalue weighted by Crippen LogP contribution is 2.44. The Kier molecular flexibility index (Phi) is 6.89. The van der Waals surface area contributed by atoms with Gasteiger partial charge in [0.05, 0.1) is 5.69 Å². The molecular formula is C50H33N. The first-order chi connectivity index (χ1) is 25.3. The number of anilines is 3. The lowest BCUT2D eigenvalue weighted by Gasteiger charge is -2.28. The zero-order valence-corrected chi connectivity index (χ0v) is 28.0. The van der Waals surface area contributed by atoms with Gasteiger partial charge in [0.1, 0.15) is 0 Å². The van der Waals surface area contributed by atoms with Gasteiger partial charge in [-0.15, -0.1) is 0 Å². The smallest absolute Gasteiger partial charge is 0.0546 e. The Balaban J connectivity index is 1.19. The molecule has 1 heteroatoms. The van der Waals surface area contributed by atoms with Crippen LogP contribution in [-0.2, 0) is 0 Å². The number of fused-ring (bicyclic) bond motifs is 8. The molecule has 0 aromatic heterocycles. The van der Waals surface area contributed by atoms with Gasteiger partial charge in [0.2, 0.25) is 0 Å². The SMILES string of the molecule is c1ccc(-c2cccc(N(c3ccc(-c4cc5c6ccccc6ccc5c5ccccc45)cc3)c3cc4ccccc4c4ccccc34)c2)cc1. The second-order valence-electron chi connectivity index (χ2n) is 13.3. The number of nitrogens with zero attached hydrogens (tertiary/aromatic N) is 1. The van der Waals surface area contributed by atoms with Crippen molar-refractivity contribution in [2.45, 2.75) is 0 Å². The molecule has 0 atom stereocenters. The molecule has 0 heterocycles. The van der Waals surface area contributed by atoms with Crippen molar-refractivity contribution in [1.82, 2.24) is 0 Å². The van der Waals surface area contributed by atoms with Gasteiger partial charge < -0.3 is 4.90 Å². The summed E-state index contributed by atoms with van der Waals surface area (Å²) < 4.78 is 0. The maximum Gasteiger partial charge on any atom is 0.0546 e. The van der Waals surface area contributed by atoms with E-state index in [2.05, 4.69) is 205 Å². The highest BCUT2D eigenvalue weighted by Gasteiger charge is 2.19. The molecule has 0 aliphatic carbocycles. The van der Waals surface area contributed by atoms with E-state index >= 15 is 0 Å². The molecule has 10 aromatic rings. The molecule has 0 spiro atoms. The predicted octanol–water partition coefficient (Wildman–Crippen LogP) is 14.3. The van der Waals surface area contributed by atoms with E-state index < -0.39 is 0 Å². The molecule has 0 aliphatic rings. The Morgan fingerprint density at radius 3 is 1.59 bits per heavy atom. The number of hydrogen-bond donors (Lipinski definition) is 0. The second kappa shape index (κ2) is 12.0. The van der Waals surface area contributed by atoms with Crippen molar-refractivity contribution in [2.75, 3.05) is 4.90 Å². The van der Waals surface area contributed by atoms with Crippen LogP contribution in [0.25, 0.3) is 76.1 Å². The summed E-state index contributed by atoms with van der Waals surface area (Å²) in [6.45, 7) is 0. The highest BCUT2D eigenvalue weighted by molar-refractivity contribution is 6.21. The maximum absolute atomic E-state index is 2.43. The van der Waals surface area contributed by atoms with Crippen molar-refractivity contribution in [3.8, 4) is 22.3 Å². The van der Waals surface area contributed by atoms with E-state index in [1.807, 2.05) is 0 Å². The van der Waals surface area contributed by atoms with Crippen LogP contribution in [0.2, 0.25) is 0 Å². The number of hydrogen-bond acceptors (Lipinski definition) is 1. The van der Waals surface area contributed by atoms with Gasteiger partial charge in [-0.1, -0.05) is 164 Å². The Morgan fingerprint density at radius 2 is 0.824 bits per heavy atom. The molecule has 1 nitrogen and oxygen atoms in total. The maximum atomic E-state index is 2.43. The van der Waals surface area contributed by atoms with Crippen LogP contribution in [0, 0.1) is 0 Å². The molecule has 0 unspecified atom stereocenters. The summed E-state index contributed by atoms with van der Waals surface area (Å²) in [4.78, 5) is 2.43. The molecular weight excluding hydrogens is 615 g/mol. The van der Waals surface area contributed by atoms with Crippen LogP contribution in [0.3, 0.4) is 0 Å². The Morgan fingerprint density at radius 1 is 0.255 bits per heavy atom. The van der Waals surface area contributed by atoms with Gasteiger partial charge in [0.15, 0.2) is 0 Å².